The average Bonchev–Trinajstić information content (AvgIpc) is 2.04. The van der Waals surface area contributed by atoms with Crippen LogP contribution >= 0.6 is 0 Å². The summed E-state index contributed by atoms with van der Waals surface area (Å²) >= 11 is 0. The maximum absolute atomic E-state index is 10.8. The number of amides is 1. The van der Waals surface area contributed by atoms with Gasteiger partial charge in [-0.1, -0.05) is 0 Å². The number of carbonyl (C=O) groups is 2. The second-order valence-electron chi connectivity index (χ2n) is 2.37. The highest BCUT2D eigenvalue weighted by Crippen LogP contribution is 1.98. The highest BCUT2D eigenvalue weighted by Gasteiger charge is 2.23. The van der Waals surface area contributed by atoms with Crippen molar-refractivity contribution in [3.05, 3.63) is 0 Å². The Bertz CT molecular complexity index is 167. The van der Waals surface area contributed by atoms with Gasteiger partial charge in [0.05, 0.1) is 6.04 Å². The third-order valence-corrected chi connectivity index (χ3v) is 1.54. The van der Waals surface area contributed by atoms with Gasteiger partial charge in [0.1, 0.15) is 0 Å². The second-order valence-corrected chi connectivity index (χ2v) is 2.37. The van der Waals surface area contributed by atoms with Crippen molar-refractivity contribution in [2.45, 2.75) is 18.9 Å². The van der Waals surface area contributed by atoms with Crippen molar-refractivity contribution in [2.24, 2.45) is 5.73 Å². The van der Waals surface area contributed by atoms with E-state index >= 15 is 0 Å². The highest BCUT2D eigenvalue weighted by atomic mass is 16.2. The van der Waals surface area contributed by atoms with Crippen LogP contribution < -0.4 is 11.1 Å². The van der Waals surface area contributed by atoms with E-state index in [1.165, 1.54) is 0 Å². The molecule has 0 saturated carbocycles. The SMILES string of the molecule is NC1CCCNC(=O)C1=O. The van der Waals surface area contributed by atoms with Gasteiger partial charge in [-0.25, -0.2) is 0 Å². The molecule has 3 N–H and O–H groups in total. The first kappa shape index (κ1) is 7.21. The molecular weight excluding hydrogens is 132 g/mol. The molecular formula is C6H10N2O2. The Labute approximate surface area is 58.8 Å². The van der Waals surface area contributed by atoms with E-state index in [1.54, 1.807) is 0 Å². The zero-order valence-corrected chi connectivity index (χ0v) is 5.59. The predicted octanol–water partition coefficient (Wildman–Crippen LogP) is -1.21. The average molecular weight is 142 g/mol. The molecule has 1 aliphatic rings. The number of hydrogen-bond acceptors (Lipinski definition) is 3. The number of ketones is 1. The Morgan fingerprint density at radius 3 is 2.90 bits per heavy atom. The zero-order valence-electron chi connectivity index (χ0n) is 5.59. The third-order valence-electron chi connectivity index (χ3n) is 1.54. The van der Waals surface area contributed by atoms with Crippen LogP contribution in [0.15, 0.2) is 0 Å². The fraction of sp³-hybridized carbons (Fsp3) is 0.667. The molecule has 1 heterocycles. The Morgan fingerprint density at radius 2 is 2.20 bits per heavy atom. The first-order valence-electron chi connectivity index (χ1n) is 3.29. The maximum Gasteiger partial charge on any atom is 0.289 e. The Balaban J connectivity index is 2.64. The molecule has 0 spiro atoms. The summed E-state index contributed by atoms with van der Waals surface area (Å²) in [5, 5.41) is 2.46. The van der Waals surface area contributed by atoms with Crippen LogP contribution in [0.3, 0.4) is 0 Å². The first-order chi connectivity index (χ1) is 4.72. The minimum Gasteiger partial charge on any atom is -0.349 e. The standard InChI is InChI=1S/C6H10N2O2/c7-4-2-1-3-8-6(10)5(4)9/h4H,1-3,7H2,(H,8,10). The van der Waals surface area contributed by atoms with Crippen LogP contribution in [0.5, 0.6) is 0 Å². The van der Waals surface area contributed by atoms with Gasteiger partial charge < -0.3 is 11.1 Å². The van der Waals surface area contributed by atoms with Crippen molar-refractivity contribution >= 4 is 11.7 Å². The summed E-state index contributed by atoms with van der Waals surface area (Å²) in [6.07, 6.45) is 1.40. The number of nitrogens with one attached hydrogen (secondary N) is 1. The fourth-order valence-corrected chi connectivity index (χ4v) is 0.910. The number of rotatable bonds is 0. The summed E-state index contributed by atoms with van der Waals surface area (Å²) in [6.45, 7) is 0.568. The summed E-state index contributed by atoms with van der Waals surface area (Å²) in [6, 6.07) is -0.581. The second kappa shape index (κ2) is 2.79. The van der Waals surface area contributed by atoms with Crippen molar-refractivity contribution in [1.29, 1.82) is 0 Å². The maximum atomic E-state index is 10.8. The van der Waals surface area contributed by atoms with Gasteiger partial charge in [0.25, 0.3) is 5.91 Å². The van der Waals surface area contributed by atoms with Crippen LogP contribution in [-0.4, -0.2) is 24.3 Å². The Morgan fingerprint density at radius 1 is 1.50 bits per heavy atom. The van der Waals surface area contributed by atoms with Crippen molar-refractivity contribution in [3.63, 3.8) is 0 Å². The van der Waals surface area contributed by atoms with Gasteiger partial charge in [0.15, 0.2) is 0 Å². The van der Waals surface area contributed by atoms with Crippen molar-refractivity contribution in [1.82, 2.24) is 5.32 Å². The molecule has 0 aromatic rings. The topological polar surface area (TPSA) is 72.2 Å². The summed E-state index contributed by atoms with van der Waals surface area (Å²) in [7, 11) is 0. The number of hydrogen-bond donors (Lipinski definition) is 2. The van der Waals surface area contributed by atoms with Gasteiger partial charge in [-0.05, 0) is 12.8 Å². The van der Waals surface area contributed by atoms with E-state index in [2.05, 4.69) is 5.32 Å². The molecule has 10 heavy (non-hydrogen) atoms. The molecule has 0 radical (unpaired) electrons. The molecule has 1 saturated heterocycles. The molecule has 0 aromatic carbocycles. The monoisotopic (exact) mass is 142 g/mol. The quantitative estimate of drug-likeness (QED) is 0.417. The predicted molar refractivity (Wildman–Crippen MR) is 35.2 cm³/mol. The molecule has 1 atom stereocenters. The van der Waals surface area contributed by atoms with Crippen LogP contribution in [0.4, 0.5) is 0 Å². The Kier molecular flexibility index (Phi) is 2.01. The molecule has 4 nitrogen and oxygen atoms in total. The van der Waals surface area contributed by atoms with Crippen molar-refractivity contribution in [3.8, 4) is 0 Å². The molecule has 0 aliphatic carbocycles. The van der Waals surface area contributed by atoms with Gasteiger partial charge in [0, 0.05) is 6.54 Å². The molecule has 1 aliphatic heterocycles. The van der Waals surface area contributed by atoms with Gasteiger partial charge in [-0.2, -0.15) is 0 Å². The van der Waals surface area contributed by atoms with E-state index < -0.39 is 17.7 Å². The lowest BCUT2D eigenvalue weighted by molar-refractivity contribution is -0.138. The molecule has 1 rings (SSSR count). The van der Waals surface area contributed by atoms with Gasteiger partial charge in [0.2, 0.25) is 5.78 Å². The van der Waals surface area contributed by atoms with Crippen LogP contribution in [-0.2, 0) is 9.59 Å². The molecule has 1 fully saturated rings. The lowest BCUT2D eigenvalue weighted by atomic mass is 10.1. The summed E-state index contributed by atoms with van der Waals surface area (Å²) in [4.78, 5) is 21.5. The van der Waals surface area contributed by atoms with E-state index in [9.17, 15) is 9.59 Å². The lowest BCUT2D eigenvalue weighted by Crippen LogP contribution is -2.39. The lowest BCUT2D eigenvalue weighted by Gasteiger charge is -2.01. The minimum absolute atomic E-state index is 0.488. The highest BCUT2D eigenvalue weighted by molar-refractivity contribution is 6.38. The van der Waals surface area contributed by atoms with Crippen LogP contribution in [0, 0.1) is 0 Å². The van der Waals surface area contributed by atoms with Gasteiger partial charge in [-0.3, -0.25) is 9.59 Å². The molecule has 4 heteroatoms. The molecule has 56 valence electrons. The first-order valence-corrected chi connectivity index (χ1v) is 3.29. The van der Waals surface area contributed by atoms with Crippen molar-refractivity contribution in [2.75, 3.05) is 6.54 Å². The summed E-state index contributed by atoms with van der Waals surface area (Å²) in [5.41, 5.74) is 5.36. The molecule has 1 unspecified atom stereocenters. The largest absolute Gasteiger partial charge is 0.349 e. The summed E-state index contributed by atoms with van der Waals surface area (Å²) < 4.78 is 0. The normalized spacial score (nSPS) is 27.5. The summed E-state index contributed by atoms with van der Waals surface area (Å²) in [5.74, 6) is -1.03. The Hall–Kier alpha value is -0.900. The van der Waals surface area contributed by atoms with E-state index in [0.717, 1.165) is 6.42 Å². The molecule has 0 aromatic heterocycles. The van der Waals surface area contributed by atoms with Crippen molar-refractivity contribution < 1.29 is 9.59 Å². The fourth-order valence-electron chi connectivity index (χ4n) is 0.910. The minimum atomic E-state index is -0.581. The molecule has 1 amide bonds. The van der Waals surface area contributed by atoms with Crippen LogP contribution in [0.25, 0.3) is 0 Å². The van der Waals surface area contributed by atoms with E-state index in [0.29, 0.717) is 13.0 Å². The third kappa shape index (κ3) is 1.33. The van der Waals surface area contributed by atoms with E-state index in [-0.39, 0.29) is 0 Å². The van der Waals surface area contributed by atoms with Gasteiger partial charge >= 0.3 is 0 Å². The smallest absolute Gasteiger partial charge is 0.289 e. The van der Waals surface area contributed by atoms with E-state index in [4.69, 9.17) is 5.73 Å². The van der Waals surface area contributed by atoms with E-state index in [1.807, 2.05) is 0 Å². The van der Waals surface area contributed by atoms with Gasteiger partial charge in [-0.15, -0.1) is 0 Å². The van der Waals surface area contributed by atoms with Crippen LogP contribution in [0.2, 0.25) is 0 Å². The van der Waals surface area contributed by atoms with Crippen LogP contribution in [0.1, 0.15) is 12.8 Å². The number of carbonyl (C=O) groups excluding carboxylic acids is 2. The number of nitrogens with two attached hydrogens (primary N) is 1. The molecule has 0 bridgehead atoms. The zero-order chi connectivity index (χ0) is 7.56. The number of Topliss-reactive ketones (excluding diaryl/α,β-unsaturated/α-hetero) is 1.